The summed E-state index contributed by atoms with van der Waals surface area (Å²) in [5.41, 5.74) is 1.83. The van der Waals surface area contributed by atoms with Crippen molar-refractivity contribution < 1.29 is 13.9 Å². The van der Waals surface area contributed by atoms with E-state index < -0.39 is 5.82 Å². The molecular weight excluding hydrogens is 461 g/mol. The maximum atomic E-state index is 13.5. The zero-order valence-corrected chi connectivity index (χ0v) is 19.5. The van der Waals surface area contributed by atoms with Crippen LogP contribution in [0.2, 0.25) is 5.02 Å². The number of rotatable bonds is 7. The van der Waals surface area contributed by atoms with Crippen LogP contribution in [0.4, 0.5) is 21.8 Å². The number of aromatic nitrogens is 4. The van der Waals surface area contributed by atoms with Gasteiger partial charge in [0, 0.05) is 38.4 Å². The fraction of sp³-hybridized carbons (Fsp3) is 0.478. The van der Waals surface area contributed by atoms with Crippen LogP contribution in [0.15, 0.2) is 30.7 Å². The standard InChI is InChI=1S/C23H27ClFN7O2/c24-18-13-16(1-2-19(18)25)29-22-21-20(27-15-28-22)14-26-23(30-21)32-5-3-17(4-6-32)34-12-9-31-7-10-33-11-8-31/h1-2,13-15,17H,3-12H2,(H,27,28,29). The Hall–Kier alpha value is -2.66. The largest absolute Gasteiger partial charge is 0.379 e. The van der Waals surface area contributed by atoms with Crippen molar-refractivity contribution >= 4 is 40.1 Å². The molecule has 4 heterocycles. The predicted octanol–water partition coefficient (Wildman–Crippen LogP) is 3.27. The van der Waals surface area contributed by atoms with Gasteiger partial charge in [-0.05, 0) is 31.0 Å². The summed E-state index contributed by atoms with van der Waals surface area (Å²) in [6, 6.07) is 4.42. The van der Waals surface area contributed by atoms with Crippen LogP contribution in [0, 0.1) is 5.82 Å². The molecule has 0 atom stereocenters. The number of fused-ring (bicyclic) bond motifs is 1. The van der Waals surface area contributed by atoms with Gasteiger partial charge < -0.3 is 19.7 Å². The highest BCUT2D eigenvalue weighted by Gasteiger charge is 2.22. The van der Waals surface area contributed by atoms with Crippen molar-refractivity contribution in [2.24, 2.45) is 0 Å². The Labute approximate surface area is 202 Å². The van der Waals surface area contributed by atoms with E-state index >= 15 is 0 Å². The lowest BCUT2D eigenvalue weighted by molar-refractivity contribution is -0.00451. The molecule has 3 aromatic rings. The molecule has 2 aliphatic heterocycles. The summed E-state index contributed by atoms with van der Waals surface area (Å²) in [5.74, 6) is 0.671. The van der Waals surface area contributed by atoms with E-state index in [0.29, 0.717) is 28.5 Å². The minimum atomic E-state index is -0.474. The second-order valence-electron chi connectivity index (χ2n) is 8.39. The van der Waals surface area contributed by atoms with Crippen LogP contribution < -0.4 is 10.2 Å². The minimum Gasteiger partial charge on any atom is -0.379 e. The van der Waals surface area contributed by atoms with Gasteiger partial charge in [0.15, 0.2) is 5.82 Å². The van der Waals surface area contributed by atoms with Crippen molar-refractivity contribution in [3.05, 3.63) is 41.6 Å². The predicted molar refractivity (Wildman–Crippen MR) is 128 cm³/mol. The van der Waals surface area contributed by atoms with Gasteiger partial charge in [0.2, 0.25) is 5.95 Å². The highest BCUT2D eigenvalue weighted by atomic mass is 35.5. The number of nitrogens with zero attached hydrogens (tertiary/aromatic N) is 6. The van der Waals surface area contributed by atoms with Crippen LogP contribution in [0.5, 0.6) is 0 Å². The molecule has 2 aliphatic rings. The van der Waals surface area contributed by atoms with Gasteiger partial charge in [-0.3, -0.25) is 4.90 Å². The maximum Gasteiger partial charge on any atom is 0.226 e. The van der Waals surface area contributed by atoms with Gasteiger partial charge in [0.1, 0.15) is 23.2 Å². The fourth-order valence-corrected chi connectivity index (χ4v) is 4.38. The molecule has 1 aromatic carbocycles. The van der Waals surface area contributed by atoms with E-state index in [1.807, 2.05) is 0 Å². The number of nitrogens with one attached hydrogen (secondary N) is 1. The zero-order chi connectivity index (χ0) is 23.3. The summed E-state index contributed by atoms with van der Waals surface area (Å²) in [6.07, 6.45) is 5.25. The summed E-state index contributed by atoms with van der Waals surface area (Å²) in [7, 11) is 0. The molecule has 0 bridgehead atoms. The van der Waals surface area contributed by atoms with Crippen molar-refractivity contribution in [3.8, 4) is 0 Å². The summed E-state index contributed by atoms with van der Waals surface area (Å²) < 4.78 is 25.0. The van der Waals surface area contributed by atoms with Crippen LogP contribution in [0.3, 0.4) is 0 Å². The molecule has 0 unspecified atom stereocenters. The number of halogens is 2. The molecule has 34 heavy (non-hydrogen) atoms. The molecular formula is C23H27ClFN7O2. The first-order valence-electron chi connectivity index (χ1n) is 11.5. The average molecular weight is 488 g/mol. The van der Waals surface area contributed by atoms with Gasteiger partial charge in [0.05, 0.1) is 37.1 Å². The Balaban J connectivity index is 1.21. The fourth-order valence-electron chi connectivity index (χ4n) is 4.19. The van der Waals surface area contributed by atoms with Crippen LogP contribution in [0.25, 0.3) is 11.0 Å². The molecule has 2 saturated heterocycles. The van der Waals surface area contributed by atoms with Gasteiger partial charge >= 0.3 is 0 Å². The maximum absolute atomic E-state index is 13.5. The lowest BCUT2D eigenvalue weighted by Gasteiger charge is -2.33. The summed E-state index contributed by atoms with van der Waals surface area (Å²) >= 11 is 5.91. The second-order valence-corrected chi connectivity index (χ2v) is 8.80. The second kappa shape index (κ2) is 10.7. The Morgan fingerprint density at radius 2 is 1.94 bits per heavy atom. The minimum absolute atomic E-state index is 0.0358. The molecule has 0 amide bonds. The van der Waals surface area contributed by atoms with E-state index in [0.717, 1.165) is 65.4 Å². The highest BCUT2D eigenvalue weighted by Crippen LogP contribution is 2.26. The molecule has 9 nitrogen and oxygen atoms in total. The van der Waals surface area contributed by atoms with Crippen LogP contribution in [-0.4, -0.2) is 83.5 Å². The molecule has 180 valence electrons. The number of benzene rings is 1. The van der Waals surface area contributed by atoms with E-state index in [2.05, 4.69) is 30.1 Å². The summed E-state index contributed by atoms with van der Waals surface area (Å²) in [5, 5.41) is 3.20. The number of piperidine rings is 1. The smallest absolute Gasteiger partial charge is 0.226 e. The SMILES string of the molecule is Fc1ccc(Nc2ncnc3cnc(N4CCC(OCCN5CCOCC5)CC4)nc23)cc1Cl. The molecule has 2 fully saturated rings. The van der Waals surface area contributed by atoms with E-state index in [-0.39, 0.29) is 11.1 Å². The van der Waals surface area contributed by atoms with Gasteiger partial charge in [-0.25, -0.2) is 24.3 Å². The molecule has 0 aliphatic carbocycles. The van der Waals surface area contributed by atoms with Crippen molar-refractivity contribution in [1.82, 2.24) is 24.8 Å². The van der Waals surface area contributed by atoms with E-state index in [1.165, 1.54) is 18.5 Å². The zero-order valence-electron chi connectivity index (χ0n) is 18.8. The van der Waals surface area contributed by atoms with Gasteiger partial charge in [-0.1, -0.05) is 11.6 Å². The van der Waals surface area contributed by atoms with E-state index in [1.54, 1.807) is 12.3 Å². The summed E-state index contributed by atoms with van der Waals surface area (Å²) in [6.45, 7) is 6.92. The summed E-state index contributed by atoms with van der Waals surface area (Å²) in [4.78, 5) is 22.4. The number of anilines is 3. The van der Waals surface area contributed by atoms with Gasteiger partial charge in [-0.15, -0.1) is 0 Å². The normalized spacial score (nSPS) is 17.9. The van der Waals surface area contributed by atoms with Crippen molar-refractivity contribution in [3.63, 3.8) is 0 Å². The number of ether oxygens (including phenoxy) is 2. The lowest BCUT2D eigenvalue weighted by Crippen LogP contribution is -2.41. The Morgan fingerprint density at radius 3 is 2.74 bits per heavy atom. The van der Waals surface area contributed by atoms with E-state index in [9.17, 15) is 4.39 Å². The Kier molecular flexibility index (Phi) is 7.29. The lowest BCUT2D eigenvalue weighted by atomic mass is 10.1. The number of hydrogen-bond acceptors (Lipinski definition) is 9. The molecule has 1 N–H and O–H groups in total. The monoisotopic (exact) mass is 487 g/mol. The average Bonchev–Trinajstić information content (AvgIpc) is 2.87. The molecule has 0 spiro atoms. The third kappa shape index (κ3) is 5.52. The number of morpholine rings is 1. The topological polar surface area (TPSA) is 88.5 Å². The third-order valence-electron chi connectivity index (χ3n) is 6.14. The molecule has 5 rings (SSSR count). The van der Waals surface area contributed by atoms with Crippen LogP contribution in [-0.2, 0) is 9.47 Å². The molecule has 2 aromatic heterocycles. The van der Waals surface area contributed by atoms with E-state index in [4.69, 9.17) is 26.1 Å². The molecule has 0 saturated carbocycles. The van der Waals surface area contributed by atoms with Crippen molar-refractivity contribution in [2.75, 3.05) is 62.8 Å². The first kappa shape index (κ1) is 23.1. The van der Waals surface area contributed by atoms with Gasteiger partial charge in [-0.2, -0.15) is 0 Å². The Morgan fingerprint density at radius 1 is 1.12 bits per heavy atom. The quantitative estimate of drug-likeness (QED) is 0.539. The Bertz CT molecular complexity index is 1120. The first-order valence-corrected chi connectivity index (χ1v) is 11.9. The van der Waals surface area contributed by atoms with Crippen molar-refractivity contribution in [1.29, 1.82) is 0 Å². The van der Waals surface area contributed by atoms with Gasteiger partial charge in [0.25, 0.3) is 0 Å². The third-order valence-corrected chi connectivity index (χ3v) is 6.43. The number of hydrogen-bond donors (Lipinski definition) is 1. The first-order chi connectivity index (χ1) is 16.7. The van der Waals surface area contributed by atoms with Crippen LogP contribution in [0.1, 0.15) is 12.8 Å². The molecule has 0 radical (unpaired) electrons. The van der Waals surface area contributed by atoms with Crippen molar-refractivity contribution in [2.45, 2.75) is 18.9 Å². The molecule has 11 heteroatoms. The highest BCUT2D eigenvalue weighted by molar-refractivity contribution is 6.31. The van der Waals surface area contributed by atoms with Crippen LogP contribution >= 0.6 is 11.6 Å².